The minimum atomic E-state index is 0.603. The lowest BCUT2D eigenvalue weighted by molar-refractivity contribution is 0.0885. The molecule has 1 aromatic carbocycles. The molecule has 1 aliphatic rings. The minimum absolute atomic E-state index is 0.603. The van der Waals surface area contributed by atoms with Gasteiger partial charge in [0.2, 0.25) is 0 Å². The number of piperazine rings is 1. The van der Waals surface area contributed by atoms with Crippen LogP contribution in [0, 0.1) is 12.8 Å². The number of hydrogen-bond donors (Lipinski definition) is 1. The van der Waals surface area contributed by atoms with Gasteiger partial charge in [-0.15, -0.1) is 0 Å². The summed E-state index contributed by atoms with van der Waals surface area (Å²) in [5, 5.41) is 3.63. The van der Waals surface area contributed by atoms with Gasteiger partial charge in [0.1, 0.15) is 0 Å². The quantitative estimate of drug-likeness (QED) is 0.894. The Bertz CT molecular complexity index is 385. The number of nitrogens with one attached hydrogen (secondary N) is 1. The molecule has 0 aliphatic carbocycles. The highest BCUT2D eigenvalue weighted by Gasteiger charge is 2.28. The van der Waals surface area contributed by atoms with Crippen LogP contribution in [0.15, 0.2) is 24.3 Å². The molecule has 1 aromatic rings. The minimum Gasteiger partial charge on any atom is -0.311 e. The van der Waals surface area contributed by atoms with Gasteiger partial charge in [-0.05, 0) is 25.3 Å². The van der Waals surface area contributed by atoms with Crippen LogP contribution in [-0.2, 0) is 6.54 Å². The molecule has 1 fully saturated rings. The van der Waals surface area contributed by atoms with Gasteiger partial charge in [0.15, 0.2) is 0 Å². The summed E-state index contributed by atoms with van der Waals surface area (Å²) in [6.07, 6.45) is 1.26. The number of nitrogens with zero attached hydrogens (tertiary/aromatic N) is 1. The van der Waals surface area contributed by atoms with E-state index < -0.39 is 0 Å². The zero-order valence-electron chi connectivity index (χ0n) is 12.8. The predicted molar refractivity (Wildman–Crippen MR) is 82.3 cm³/mol. The van der Waals surface area contributed by atoms with Gasteiger partial charge < -0.3 is 5.32 Å². The van der Waals surface area contributed by atoms with Crippen LogP contribution in [-0.4, -0.2) is 30.1 Å². The highest BCUT2D eigenvalue weighted by Crippen LogP contribution is 2.20. The third-order valence-electron chi connectivity index (χ3n) is 4.46. The second-order valence-corrected chi connectivity index (χ2v) is 6.18. The summed E-state index contributed by atoms with van der Waals surface area (Å²) in [5.41, 5.74) is 2.78. The first-order chi connectivity index (χ1) is 9.10. The maximum atomic E-state index is 3.63. The van der Waals surface area contributed by atoms with Crippen LogP contribution in [0.3, 0.4) is 0 Å². The largest absolute Gasteiger partial charge is 0.311 e. The zero-order valence-corrected chi connectivity index (χ0v) is 12.8. The number of aryl methyl sites for hydroxylation is 1. The van der Waals surface area contributed by atoms with E-state index in [1.54, 1.807) is 0 Å². The Morgan fingerprint density at radius 1 is 1.32 bits per heavy atom. The van der Waals surface area contributed by atoms with Gasteiger partial charge >= 0.3 is 0 Å². The Morgan fingerprint density at radius 3 is 2.63 bits per heavy atom. The topological polar surface area (TPSA) is 15.3 Å². The first kappa shape index (κ1) is 14.5. The number of rotatable bonds is 4. The highest BCUT2D eigenvalue weighted by molar-refractivity contribution is 5.21. The van der Waals surface area contributed by atoms with Crippen LogP contribution in [0.2, 0.25) is 0 Å². The Balaban J connectivity index is 2.07. The molecule has 0 spiro atoms. The monoisotopic (exact) mass is 260 g/mol. The van der Waals surface area contributed by atoms with Gasteiger partial charge in [0.25, 0.3) is 0 Å². The summed E-state index contributed by atoms with van der Waals surface area (Å²) in [6, 6.07) is 10.3. The van der Waals surface area contributed by atoms with E-state index in [0.717, 1.165) is 25.6 Å². The predicted octanol–water partition coefficient (Wildman–Crippen LogP) is 3.20. The molecule has 0 bridgehead atoms. The lowest BCUT2D eigenvalue weighted by atomic mass is 9.94. The van der Waals surface area contributed by atoms with Crippen LogP contribution in [0.5, 0.6) is 0 Å². The molecule has 3 unspecified atom stereocenters. The number of benzene rings is 1. The van der Waals surface area contributed by atoms with Gasteiger partial charge in [-0.3, -0.25) is 4.90 Å². The van der Waals surface area contributed by atoms with Gasteiger partial charge in [0.05, 0.1) is 0 Å². The van der Waals surface area contributed by atoms with E-state index in [0.29, 0.717) is 12.1 Å². The Kier molecular flexibility index (Phi) is 5.00. The molecular formula is C17H28N2. The molecule has 1 aliphatic heterocycles. The van der Waals surface area contributed by atoms with Crippen molar-refractivity contribution >= 4 is 0 Å². The molecule has 106 valence electrons. The fourth-order valence-corrected chi connectivity index (χ4v) is 2.95. The van der Waals surface area contributed by atoms with Crippen molar-refractivity contribution in [2.75, 3.05) is 13.1 Å². The maximum Gasteiger partial charge on any atom is 0.0250 e. The lowest BCUT2D eigenvalue weighted by Crippen LogP contribution is -2.57. The lowest BCUT2D eigenvalue weighted by Gasteiger charge is -2.42. The van der Waals surface area contributed by atoms with Crippen LogP contribution in [0.4, 0.5) is 0 Å². The smallest absolute Gasteiger partial charge is 0.0250 e. The fraction of sp³-hybridized carbons (Fsp3) is 0.647. The first-order valence-corrected chi connectivity index (χ1v) is 7.63. The zero-order chi connectivity index (χ0) is 13.8. The molecular weight excluding hydrogens is 232 g/mol. The molecule has 19 heavy (non-hydrogen) atoms. The standard InChI is InChI=1S/C17H28N2/c1-5-14(3)17-10-18-15(4)11-19(17)12-16-8-6-13(2)7-9-16/h6-9,14-15,17-18H,5,10-12H2,1-4H3. The molecule has 2 nitrogen and oxygen atoms in total. The highest BCUT2D eigenvalue weighted by atomic mass is 15.2. The molecule has 0 amide bonds. The van der Waals surface area contributed by atoms with Gasteiger partial charge in [-0.1, -0.05) is 50.1 Å². The van der Waals surface area contributed by atoms with Crippen LogP contribution in [0.1, 0.15) is 38.3 Å². The van der Waals surface area contributed by atoms with Crippen molar-refractivity contribution in [1.29, 1.82) is 0 Å². The van der Waals surface area contributed by atoms with E-state index in [1.165, 1.54) is 17.5 Å². The number of hydrogen-bond acceptors (Lipinski definition) is 2. The summed E-state index contributed by atoms with van der Waals surface area (Å²) < 4.78 is 0. The van der Waals surface area contributed by atoms with Crippen molar-refractivity contribution in [1.82, 2.24) is 10.2 Å². The normalized spacial score (nSPS) is 26.3. The summed E-state index contributed by atoms with van der Waals surface area (Å²) in [6.45, 7) is 12.5. The van der Waals surface area contributed by atoms with Crippen molar-refractivity contribution in [2.24, 2.45) is 5.92 Å². The van der Waals surface area contributed by atoms with Crippen LogP contribution in [0.25, 0.3) is 0 Å². The molecule has 0 radical (unpaired) electrons. The average Bonchev–Trinajstić information content (AvgIpc) is 2.41. The molecule has 1 N–H and O–H groups in total. The molecule has 0 aromatic heterocycles. The van der Waals surface area contributed by atoms with Crippen molar-refractivity contribution in [3.63, 3.8) is 0 Å². The SMILES string of the molecule is CCC(C)C1CNC(C)CN1Cc1ccc(C)cc1. The van der Waals surface area contributed by atoms with Crippen molar-refractivity contribution in [3.05, 3.63) is 35.4 Å². The van der Waals surface area contributed by atoms with E-state index in [1.807, 2.05) is 0 Å². The first-order valence-electron chi connectivity index (χ1n) is 7.63. The molecule has 2 heteroatoms. The summed E-state index contributed by atoms with van der Waals surface area (Å²) >= 11 is 0. The van der Waals surface area contributed by atoms with Crippen molar-refractivity contribution < 1.29 is 0 Å². The average molecular weight is 260 g/mol. The summed E-state index contributed by atoms with van der Waals surface area (Å²) in [7, 11) is 0. The fourth-order valence-electron chi connectivity index (χ4n) is 2.95. The molecule has 1 heterocycles. The Morgan fingerprint density at radius 2 is 2.00 bits per heavy atom. The van der Waals surface area contributed by atoms with E-state index >= 15 is 0 Å². The van der Waals surface area contributed by atoms with Gasteiger partial charge in [-0.25, -0.2) is 0 Å². The van der Waals surface area contributed by atoms with E-state index in [4.69, 9.17) is 0 Å². The van der Waals surface area contributed by atoms with Crippen LogP contribution >= 0.6 is 0 Å². The van der Waals surface area contributed by atoms with Gasteiger partial charge in [-0.2, -0.15) is 0 Å². The molecule has 2 rings (SSSR count). The van der Waals surface area contributed by atoms with E-state index in [-0.39, 0.29) is 0 Å². The molecule has 0 saturated carbocycles. The van der Waals surface area contributed by atoms with E-state index in [2.05, 4.69) is 62.2 Å². The Hall–Kier alpha value is -0.860. The third kappa shape index (κ3) is 3.80. The maximum absolute atomic E-state index is 3.63. The second-order valence-electron chi connectivity index (χ2n) is 6.18. The van der Waals surface area contributed by atoms with E-state index in [9.17, 15) is 0 Å². The Labute approximate surface area is 118 Å². The van der Waals surface area contributed by atoms with Gasteiger partial charge in [0, 0.05) is 31.7 Å². The third-order valence-corrected chi connectivity index (χ3v) is 4.46. The van der Waals surface area contributed by atoms with Crippen LogP contribution < -0.4 is 5.32 Å². The molecule has 3 atom stereocenters. The summed E-state index contributed by atoms with van der Waals surface area (Å²) in [4.78, 5) is 2.67. The second kappa shape index (κ2) is 6.53. The molecule has 1 saturated heterocycles. The summed E-state index contributed by atoms with van der Waals surface area (Å²) in [5.74, 6) is 0.755. The van der Waals surface area contributed by atoms with Crippen molar-refractivity contribution in [2.45, 2.75) is 52.7 Å². The van der Waals surface area contributed by atoms with Crippen molar-refractivity contribution in [3.8, 4) is 0 Å².